The van der Waals surface area contributed by atoms with Crippen LogP contribution in [0.3, 0.4) is 0 Å². The predicted octanol–water partition coefficient (Wildman–Crippen LogP) is 2.38. The van der Waals surface area contributed by atoms with Crippen molar-refractivity contribution in [2.24, 2.45) is 5.92 Å². The number of carboxylic acid groups (broad SMARTS) is 1. The summed E-state index contributed by atoms with van der Waals surface area (Å²) in [5.41, 5.74) is -0.0848. The van der Waals surface area contributed by atoms with E-state index in [9.17, 15) is 4.79 Å². The smallest absolute Gasteiger partial charge is 0.303 e. The summed E-state index contributed by atoms with van der Waals surface area (Å²) in [7, 11) is 1.76. The Hall–Kier alpha value is -0.610. The van der Waals surface area contributed by atoms with Crippen molar-refractivity contribution in [3.8, 4) is 0 Å². The standard InChI is InChI=1S/C14H27NO3/c1-11(9-14(2,3)18-4)15-8-7-12(10-15)5-6-13(16)17/h11-12H,5-10H2,1-4H3,(H,16,17). The number of carbonyl (C=O) groups is 1. The highest BCUT2D eigenvalue weighted by Crippen LogP contribution is 2.26. The van der Waals surface area contributed by atoms with Gasteiger partial charge < -0.3 is 14.7 Å². The van der Waals surface area contributed by atoms with Crippen molar-refractivity contribution < 1.29 is 14.6 Å². The number of rotatable bonds is 7. The number of carboxylic acids is 1. The maximum atomic E-state index is 10.6. The lowest BCUT2D eigenvalue weighted by molar-refractivity contribution is -0.137. The first-order chi connectivity index (χ1) is 8.34. The molecule has 0 spiro atoms. The Morgan fingerprint density at radius 1 is 1.56 bits per heavy atom. The van der Waals surface area contributed by atoms with Gasteiger partial charge >= 0.3 is 5.97 Å². The topological polar surface area (TPSA) is 49.8 Å². The molecule has 0 aromatic carbocycles. The van der Waals surface area contributed by atoms with Gasteiger partial charge in [0.15, 0.2) is 0 Å². The average Bonchev–Trinajstić information content (AvgIpc) is 2.74. The van der Waals surface area contributed by atoms with Gasteiger partial charge in [0.05, 0.1) is 5.60 Å². The number of hydrogen-bond acceptors (Lipinski definition) is 3. The fourth-order valence-electron chi connectivity index (χ4n) is 2.75. The van der Waals surface area contributed by atoms with Crippen LogP contribution in [0.25, 0.3) is 0 Å². The van der Waals surface area contributed by atoms with Crippen LogP contribution in [-0.4, -0.2) is 47.8 Å². The van der Waals surface area contributed by atoms with Crippen LogP contribution in [0, 0.1) is 5.92 Å². The highest BCUT2D eigenvalue weighted by atomic mass is 16.5. The quantitative estimate of drug-likeness (QED) is 0.760. The van der Waals surface area contributed by atoms with Crippen LogP contribution in [0.5, 0.6) is 0 Å². The number of hydrogen-bond donors (Lipinski definition) is 1. The van der Waals surface area contributed by atoms with Crippen LogP contribution in [0.15, 0.2) is 0 Å². The van der Waals surface area contributed by atoms with E-state index in [-0.39, 0.29) is 5.60 Å². The molecule has 1 fully saturated rings. The Morgan fingerprint density at radius 3 is 2.78 bits per heavy atom. The summed E-state index contributed by atoms with van der Waals surface area (Å²) in [6.07, 6.45) is 3.25. The molecule has 1 aliphatic rings. The van der Waals surface area contributed by atoms with Gasteiger partial charge in [-0.2, -0.15) is 0 Å². The molecule has 0 bridgehead atoms. The molecule has 2 unspecified atom stereocenters. The molecule has 0 saturated carbocycles. The lowest BCUT2D eigenvalue weighted by Crippen LogP contribution is -2.38. The second kappa shape index (κ2) is 6.53. The van der Waals surface area contributed by atoms with E-state index < -0.39 is 5.97 Å². The number of methoxy groups -OCH3 is 1. The molecular weight excluding hydrogens is 230 g/mol. The van der Waals surface area contributed by atoms with Crippen LogP contribution in [0.1, 0.15) is 46.5 Å². The van der Waals surface area contributed by atoms with E-state index in [1.165, 1.54) is 0 Å². The fraction of sp³-hybridized carbons (Fsp3) is 0.929. The highest BCUT2D eigenvalue weighted by Gasteiger charge is 2.29. The predicted molar refractivity (Wildman–Crippen MR) is 71.7 cm³/mol. The maximum Gasteiger partial charge on any atom is 0.303 e. The minimum Gasteiger partial charge on any atom is -0.481 e. The van der Waals surface area contributed by atoms with Crippen LogP contribution < -0.4 is 0 Å². The third-order valence-corrected chi connectivity index (χ3v) is 4.05. The van der Waals surface area contributed by atoms with Crippen LogP contribution >= 0.6 is 0 Å². The summed E-state index contributed by atoms with van der Waals surface area (Å²) in [6, 6.07) is 0.495. The number of likely N-dealkylation sites (tertiary alicyclic amines) is 1. The van der Waals surface area contributed by atoms with Gasteiger partial charge in [-0.1, -0.05) is 0 Å². The van der Waals surface area contributed by atoms with E-state index in [0.717, 1.165) is 32.4 Å². The largest absolute Gasteiger partial charge is 0.481 e. The first-order valence-corrected chi connectivity index (χ1v) is 6.85. The summed E-state index contributed by atoms with van der Waals surface area (Å²) in [5, 5.41) is 8.70. The molecule has 0 amide bonds. The molecule has 0 radical (unpaired) electrons. The molecule has 4 nitrogen and oxygen atoms in total. The van der Waals surface area contributed by atoms with Gasteiger partial charge in [-0.05, 0) is 52.5 Å². The molecule has 0 aromatic heterocycles. The van der Waals surface area contributed by atoms with Gasteiger partial charge in [0.25, 0.3) is 0 Å². The maximum absolute atomic E-state index is 10.6. The van der Waals surface area contributed by atoms with Gasteiger partial charge in [-0.15, -0.1) is 0 Å². The Labute approximate surface area is 110 Å². The summed E-state index contributed by atoms with van der Waals surface area (Å²) in [4.78, 5) is 13.0. The minimum absolute atomic E-state index is 0.0848. The zero-order chi connectivity index (χ0) is 13.8. The molecule has 18 heavy (non-hydrogen) atoms. The molecule has 4 heteroatoms. The van der Waals surface area contributed by atoms with Gasteiger partial charge in [0.1, 0.15) is 0 Å². The Kier molecular flexibility index (Phi) is 5.60. The Bertz CT molecular complexity index is 278. The van der Waals surface area contributed by atoms with Crippen molar-refractivity contribution in [2.45, 2.75) is 58.1 Å². The Balaban J connectivity index is 2.34. The van der Waals surface area contributed by atoms with Crippen molar-refractivity contribution in [1.82, 2.24) is 4.90 Å². The molecule has 1 saturated heterocycles. The minimum atomic E-state index is -0.679. The lowest BCUT2D eigenvalue weighted by Gasteiger charge is -2.32. The number of ether oxygens (including phenoxy) is 1. The van der Waals surface area contributed by atoms with Crippen molar-refractivity contribution in [2.75, 3.05) is 20.2 Å². The van der Waals surface area contributed by atoms with E-state index in [1.807, 2.05) is 0 Å². The molecule has 1 rings (SSSR count). The summed E-state index contributed by atoms with van der Waals surface area (Å²) in [6.45, 7) is 8.59. The molecule has 1 N–H and O–H groups in total. The van der Waals surface area contributed by atoms with Gasteiger partial charge in [0.2, 0.25) is 0 Å². The zero-order valence-corrected chi connectivity index (χ0v) is 12.1. The molecule has 1 aliphatic heterocycles. The lowest BCUT2D eigenvalue weighted by atomic mass is 9.99. The summed E-state index contributed by atoms with van der Waals surface area (Å²) in [5.74, 6) is -0.128. The van der Waals surface area contributed by atoms with E-state index in [0.29, 0.717) is 18.4 Å². The van der Waals surface area contributed by atoms with Gasteiger partial charge in [0, 0.05) is 26.1 Å². The first kappa shape index (κ1) is 15.4. The van der Waals surface area contributed by atoms with Crippen molar-refractivity contribution >= 4 is 5.97 Å². The second-order valence-corrected chi connectivity index (χ2v) is 6.10. The molecular formula is C14H27NO3. The fourth-order valence-corrected chi connectivity index (χ4v) is 2.75. The second-order valence-electron chi connectivity index (χ2n) is 6.10. The SMILES string of the molecule is COC(C)(C)CC(C)N1CCC(CCC(=O)O)C1. The van der Waals surface area contributed by atoms with Crippen LogP contribution in [0.4, 0.5) is 0 Å². The highest BCUT2D eigenvalue weighted by molar-refractivity contribution is 5.66. The first-order valence-electron chi connectivity index (χ1n) is 6.85. The van der Waals surface area contributed by atoms with E-state index in [4.69, 9.17) is 9.84 Å². The van der Waals surface area contributed by atoms with Crippen molar-refractivity contribution in [3.63, 3.8) is 0 Å². The number of aliphatic carboxylic acids is 1. The van der Waals surface area contributed by atoms with Gasteiger partial charge in [-0.25, -0.2) is 0 Å². The summed E-state index contributed by atoms with van der Waals surface area (Å²) >= 11 is 0. The van der Waals surface area contributed by atoms with Crippen LogP contribution in [-0.2, 0) is 9.53 Å². The molecule has 0 aliphatic carbocycles. The van der Waals surface area contributed by atoms with Gasteiger partial charge in [-0.3, -0.25) is 4.79 Å². The summed E-state index contributed by atoms with van der Waals surface area (Å²) < 4.78 is 5.47. The Morgan fingerprint density at radius 2 is 2.22 bits per heavy atom. The molecule has 1 heterocycles. The molecule has 0 aromatic rings. The van der Waals surface area contributed by atoms with E-state index in [1.54, 1.807) is 7.11 Å². The van der Waals surface area contributed by atoms with Crippen LogP contribution in [0.2, 0.25) is 0 Å². The third kappa shape index (κ3) is 4.94. The normalized spacial score (nSPS) is 23.2. The molecule has 2 atom stereocenters. The van der Waals surface area contributed by atoms with Crippen molar-refractivity contribution in [1.29, 1.82) is 0 Å². The molecule has 106 valence electrons. The monoisotopic (exact) mass is 257 g/mol. The van der Waals surface area contributed by atoms with E-state index >= 15 is 0 Å². The van der Waals surface area contributed by atoms with E-state index in [2.05, 4.69) is 25.7 Å². The average molecular weight is 257 g/mol. The third-order valence-electron chi connectivity index (χ3n) is 4.05. The van der Waals surface area contributed by atoms with Crippen molar-refractivity contribution in [3.05, 3.63) is 0 Å². The zero-order valence-electron chi connectivity index (χ0n) is 12.1. The number of nitrogens with zero attached hydrogens (tertiary/aromatic N) is 1.